The van der Waals surface area contributed by atoms with Crippen molar-refractivity contribution in [3.8, 4) is 0 Å². The number of hydrogen-bond donors (Lipinski definition) is 0. The van der Waals surface area contributed by atoms with Gasteiger partial charge in [0.1, 0.15) is 0 Å². The molecule has 4 nitrogen and oxygen atoms in total. The first-order valence-corrected chi connectivity index (χ1v) is 10.6. The van der Waals surface area contributed by atoms with Gasteiger partial charge in [-0.05, 0) is 38.2 Å². The van der Waals surface area contributed by atoms with Gasteiger partial charge < -0.3 is 14.6 Å². The number of carbonyl (C=O) groups excluding carboxylic acids is 2. The van der Waals surface area contributed by atoms with Gasteiger partial charge in [-0.15, -0.1) is 0 Å². The fraction of sp³-hybridized carbons (Fsp3) is 0.619. The van der Waals surface area contributed by atoms with Gasteiger partial charge in [0.05, 0.1) is 16.3 Å². The van der Waals surface area contributed by atoms with Crippen LogP contribution >= 0.6 is 0 Å². The third-order valence-corrected chi connectivity index (χ3v) is 6.97. The van der Waals surface area contributed by atoms with Gasteiger partial charge in [-0.25, -0.2) is 0 Å². The second-order valence-electron chi connectivity index (χ2n) is 8.08. The molecule has 26 heavy (non-hydrogen) atoms. The fourth-order valence-electron chi connectivity index (χ4n) is 5.27. The van der Waals surface area contributed by atoms with E-state index >= 15 is 0 Å². The number of benzene rings is 1. The SMILES string of the molecule is CC1c2cccc([C](=O)[Al])c2C(=O)N1C1CCN(C2CCCCC2)CC1. The minimum absolute atomic E-state index is 0.0509. The second kappa shape index (κ2) is 7.46. The molecule has 0 spiro atoms. The van der Waals surface area contributed by atoms with Gasteiger partial charge in [0.15, 0.2) is 0 Å². The Kier molecular flexibility index (Phi) is 5.23. The first kappa shape index (κ1) is 18.2. The van der Waals surface area contributed by atoms with Gasteiger partial charge >= 0.3 is 0 Å². The molecule has 2 radical (unpaired) electrons. The molecule has 1 aliphatic carbocycles. The highest BCUT2D eigenvalue weighted by Crippen LogP contribution is 2.39. The van der Waals surface area contributed by atoms with Crippen molar-refractivity contribution in [3.63, 3.8) is 0 Å². The first-order chi connectivity index (χ1) is 12.6. The Hall–Kier alpha value is -1.15. The summed E-state index contributed by atoms with van der Waals surface area (Å²) in [6.45, 7) is 4.30. The maximum atomic E-state index is 13.2. The molecule has 1 saturated carbocycles. The second-order valence-corrected chi connectivity index (χ2v) is 8.61. The Morgan fingerprint density at radius 2 is 1.73 bits per heavy atom. The molecule has 136 valence electrons. The zero-order valence-corrected chi connectivity index (χ0v) is 16.8. The minimum Gasteiger partial charge on any atom is -0.329 e. The lowest BCUT2D eigenvalue weighted by atomic mass is 9.91. The maximum Gasteiger partial charge on any atom is 0.255 e. The predicted molar refractivity (Wildman–Crippen MR) is 103 cm³/mol. The molecule has 1 aromatic carbocycles. The number of rotatable bonds is 3. The highest BCUT2D eigenvalue weighted by Gasteiger charge is 2.41. The molecule has 1 saturated heterocycles. The van der Waals surface area contributed by atoms with Gasteiger partial charge in [-0.2, -0.15) is 0 Å². The summed E-state index contributed by atoms with van der Waals surface area (Å²) in [5.74, 6) is 0.0509. The molecule has 4 rings (SSSR count). The van der Waals surface area contributed by atoms with Crippen LogP contribution < -0.4 is 0 Å². The quantitative estimate of drug-likeness (QED) is 0.771. The van der Waals surface area contributed by atoms with Crippen LogP contribution in [0.25, 0.3) is 0 Å². The number of likely N-dealkylation sites (tertiary alicyclic amines) is 1. The highest BCUT2D eigenvalue weighted by molar-refractivity contribution is 6.63. The number of fused-ring (bicyclic) bond motifs is 1. The Bertz CT molecular complexity index is 706. The molecule has 5 heteroatoms. The third kappa shape index (κ3) is 3.15. The lowest BCUT2D eigenvalue weighted by Gasteiger charge is -2.42. The van der Waals surface area contributed by atoms with Crippen LogP contribution in [0.2, 0.25) is 0 Å². The Labute approximate surface area is 164 Å². The number of amides is 1. The van der Waals surface area contributed by atoms with E-state index in [0.29, 0.717) is 11.1 Å². The largest absolute Gasteiger partial charge is 0.329 e. The van der Waals surface area contributed by atoms with E-state index in [-0.39, 0.29) is 22.6 Å². The lowest BCUT2D eigenvalue weighted by Crippen LogP contribution is -2.49. The summed E-state index contributed by atoms with van der Waals surface area (Å²) in [5, 5.41) is 0. The van der Waals surface area contributed by atoms with Crippen molar-refractivity contribution in [2.45, 2.75) is 70.0 Å². The van der Waals surface area contributed by atoms with E-state index in [1.807, 2.05) is 12.1 Å². The molecule has 2 heterocycles. The molecule has 0 bridgehead atoms. The van der Waals surface area contributed by atoms with E-state index in [2.05, 4.69) is 33.0 Å². The lowest BCUT2D eigenvalue weighted by molar-refractivity contribution is 0.0428. The van der Waals surface area contributed by atoms with Crippen LogP contribution in [0.5, 0.6) is 0 Å². The maximum absolute atomic E-state index is 13.2. The summed E-state index contributed by atoms with van der Waals surface area (Å²) in [6, 6.07) is 6.79. The van der Waals surface area contributed by atoms with Gasteiger partial charge in [-0.1, -0.05) is 37.5 Å². The van der Waals surface area contributed by atoms with Crippen molar-refractivity contribution < 1.29 is 9.59 Å². The molecule has 3 aliphatic rings. The molecule has 1 amide bonds. The van der Waals surface area contributed by atoms with Crippen LogP contribution in [-0.2, 0) is 0 Å². The molecule has 0 N–H and O–H groups in total. The summed E-state index contributed by atoms with van der Waals surface area (Å²) in [4.78, 5) is 29.8. The normalized spacial score (nSPS) is 25.5. The molecule has 2 aliphatic heterocycles. The van der Waals surface area contributed by atoms with E-state index in [0.717, 1.165) is 37.5 Å². The van der Waals surface area contributed by atoms with E-state index in [9.17, 15) is 9.59 Å². The Morgan fingerprint density at radius 1 is 1.04 bits per heavy atom. The zero-order chi connectivity index (χ0) is 18.3. The molecule has 1 unspecified atom stereocenters. The van der Waals surface area contributed by atoms with Crippen LogP contribution in [0.15, 0.2) is 18.2 Å². The predicted octanol–water partition coefficient (Wildman–Crippen LogP) is 3.31. The van der Waals surface area contributed by atoms with E-state index < -0.39 is 0 Å². The van der Waals surface area contributed by atoms with E-state index in [4.69, 9.17) is 0 Å². The Morgan fingerprint density at radius 3 is 2.38 bits per heavy atom. The van der Waals surface area contributed by atoms with Crippen LogP contribution in [-0.4, -0.2) is 61.8 Å². The van der Waals surface area contributed by atoms with Crippen LogP contribution in [0.1, 0.15) is 84.2 Å². The molecule has 2 fully saturated rings. The summed E-state index contributed by atoms with van der Waals surface area (Å²) < 4.78 is -0.101. The summed E-state index contributed by atoms with van der Waals surface area (Å²) in [5.41, 5.74) is 2.19. The minimum atomic E-state index is -0.101. The van der Waals surface area contributed by atoms with Crippen molar-refractivity contribution in [2.75, 3.05) is 13.1 Å². The Balaban J connectivity index is 1.48. The van der Waals surface area contributed by atoms with Crippen LogP contribution in [0.4, 0.5) is 0 Å². The standard InChI is InChI=1S/C21H27N2O2.Al/c1-15-19-9-5-6-16(14-24)20(19)21(25)23(15)18-10-12-22(13-11-18)17-7-3-2-4-8-17;/h5-6,9,15,17-18H,2-4,7-8,10-13H2,1H3;. The molecule has 1 aromatic rings. The average Bonchev–Trinajstić information content (AvgIpc) is 2.93. The number of piperidine rings is 1. The highest BCUT2D eigenvalue weighted by atomic mass is 27.0. The van der Waals surface area contributed by atoms with E-state index in [1.54, 1.807) is 6.07 Å². The summed E-state index contributed by atoms with van der Waals surface area (Å²) in [7, 11) is 0. The fourth-order valence-corrected chi connectivity index (χ4v) is 5.52. The van der Waals surface area contributed by atoms with E-state index in [1.165, 1.54) is 32.1 Å². The molecule has 1 atom stereocenters. The van der Waals surface area contributed by atoms with Crippen molar-refractivity contribution in [1.29, 1.82) is 0 Å². The number of hydrogen-bond acceptors (Lipinski definition) is 3. The number of carbonyl (C=O) groups is 2. The molecular formula is C21H27AlN2O2. The topological polar surface area (TPSA) is 40.6 Å². The first-order valence-electron chi connectivity index (χ1n) is 10.1. The van der Waals surface area contributed by atoms with Crippen LogP contribution in [0, 0.1) is 0 Å². The smallest absolute Gasteiger partial charge is 0.255 e. The number of nitrogens with zero attached hydrogens (tertiary/aromatic N) is 2. The van der Waals surface area contributed by atoms with Gasteiger partial charge in [-0.3, -0.25) is 4.79 Å². The van der Waals surface area contributed by atoms with Crippen molar-refractivity contribution >= 4 is 26.8 Å². The molecular weight excluding hydrogens is 339 g/mol. The monoisotopic (exact) mass is 366 g/mol. The third-order valence-electron chi connectivity index (χ3n) is 6.66. The molecule has 0 aromatic heterocycles. The van der Waals surface area contributed by atoms with Crippen molar-refractivity contribution in [2.24, 2.45) is 0 Å². The summed E-state index contributed by atoms with van der Waals surface area (Å²) in [6.07, 6.45) is 8.90. The van der Waals surface area contributed by atoms with Crippen LogP contribution in [0.3, 0.4) is 0 Å². The zero-order valence-electron chi connectivity index (χ0n) is 15.6. The average molecular weight is 366 g/mol. The van der Waals surface area contributed by atoms with Gasteiger partial charge in [0, 0.05) is 30.7 Å². The van der Waals surface area contributed by atoms with Crippen molar-refractivity contribution in [3.05, 3.63) is 34.9 Å². The van der Waals surface area contributed by atoms with Gasteiger partial charge in [0.2, 0.25) is 0 Å². The summed E-state index contributed by atoms with van der Waals surface area (Å²) >= 11 is 2.21. The van der Waals surface area contributed by atoms with Gasteiger partial charge in [0.25, 0.3) is 22.2 Å². The van der Waals surface area contributed by atoms with Crippen molar-refractivity contribution in [1.82, 2.24) is 9.80 Å².